The van der Waals surface area contributed by atoms with Gasteiger partial charge in [0.2, 0.25) is 6.08 Å². The van der Waals surface area contributed by atoms with Crippen LogP contribution in [0.3, 0.4) is 0 Å². The van der Waals surface area contributed by atoms with Gasteiger partial charge in [-0.25, -0.2) is 9.59 Å². The lowest BCUT2D eigenvalue weighted by Gasteiger charge is -2.25. The highest BCUT2D eigenvalue weighted by Crippen LogP contribution is 2.27. The van der Waals surface area contributed by atoms with Crippen LogP contribution < -0.4 is 0 Å². The quantitative estimate of drug-likeness (QED) is 0.540. The molecule has 1 rings (SSSR count). The van der Waals surface area contributed by atoms with Gasteiger partial charge in [0.05, 0.1) is 6.54 Å². The lowest BCUT2D eigenvalue weighted by Crippen LogP contribution is -2.39. The van der Waals surface area contributed by atoms with E-state index in [1.165, 1.54) is 18.1 Å². The maximum absolute atomic E-state index is 11.8. The van der Waals surface area contributed by atoms with Crippen LogP contribution in [0.2, 0.25) is 0 Å². The van der Waals surface area contributed by atoms with Gasteiger partial charge in [-0.1, -0.05) is 0 Å². The summed E-state index contributed by atoms with van der Waals surface area (Å²) in [6, 6.07) is 0. The Labute approximate surface area is 101 Å². The molecule has 0 N–H and O–H groups in total. The van der Waals surface area contributed by atoms with Crippen LogP contribution in [0, 0.1) is 0 Å². The predicted molar refractivity (Wildman–Crippen MR) is 60.3 cm³/mol. The van der Waals surface area contributed by atoms with Crippen molar-refractivity contribution in [1.82, 2.24) is 4.90 Å². The van der Waals surface area contributed by atoms with Crippen molar-refractivity contribution in [3.63, 3.8) is 0 Å². The molecule has 6 nitrogen and oxygen atoms in total. The average Bonchev–Trinajstić information content (AvgIpc) is 2.61. The summed E-state index contributed by atoms with van der Waals surface area (Å²) in [7, 11) is 1.46. The van der Waals surface area contributed by atoms with E-state index in [1.807, 2.05) is 0 Å². The van der Waals surface area contributed by atoms with E-state index in [9.17, 15) is 9.59 Å². The maximum atomic E-state index is 11.8. The first-order valence-electron chi connectivity index (χ1n) is 5.44. The van der Waals surface area contributed by atoms with Crippen molar-refractivity contribution in [3.8, 4) is 0 Å². The third-order valence-corrected chi connectivity index (χ3v) is 2.49. The number of ether oxygens (including phenoxy) is 2. The van der Waals surface area contributed by atoms with E-state index in [-0.39, 0.29) is 6.54 Å². The zero-order chi connectivity index (χ0) is 13.1. The van der Waals surface area contributed by atoms with Crippen LogP contribution >= 0.6 is 0 Å². The third-order valence-electron chi connectivity index (χ3n) is 2.49. The second-order valence-electron chi connectivity index (χ2n) is 5.01. The number of rotatable bonds is 2. The van der Waals surface area contributed by atoms with Crippen molar-refractivity contribution in [1.29, 1.82) is 0 Å². The smallest absolute Gasteiger partial charge is 0.410 e. The van der Waals surface area contributed by atoms with Gasteiger partial charge in [-0.2, -0.15) is 4.99 Å². The molecule has 1 heterocycles. The molecule has 1 aliphatic heterocycles. The highest BCUT2D eigenvalue weighted by Gasteiger charge is 2.41. The van der Waals surface area contributed by atoms with Crippen LogP contribution in [0.4, 0.5) is 4.79 Å². The van der Waals surface area contributed by atoms with E-state index < -0.39 is 17.4 Å². The zero-order valence-corrected chi connectivity index (χ0v) is 10.6. The summed E-state index contributed by atoms with van der Waals surface area (Å²) in [6.45, 7) is 6.07. The van der Waals surface area contributed by atoms with Crippen molar-refractivity contribution in [3.05, 3.63) is 0 Å². The minimum absolute atomic E-state index is 0.216. The van der Waals surface area contributed by atoms with Gasteiger partial charge in [-0.3, -0.25) is 0 Å². The number of carbonyl (C=O) groups excluding carboxylic acids is 2. The van der Waals surface area contributed by atoms with Crippen LogP contribution in [0.25, 0.3) is 0 Å². The van der Waals surface area contributed by atoms with Crippen molar-refractivity contribution < 1.29 is 19.1 Å². The van der Waals surface area contributed by atoms with Gasteiger partial charge in [0.25, 0.3) is 0 Å². The normalized spacial score (nSPS) is 24.4. The van der Waals surface area contributed by atoms with E-state index in [2.05, 4.69) is 4.99 Å². The average molecular weight is 242 g/mol. The molecule has 0 aliphatic carbocycles. The molecule has 0 aromatic heterocycles. The Hall–Kier alpha value is -1.39. The van der Waals surface area contributed by atoms with Gasteiger partial charge in [-0.15, -0.1) is 0 Å². The molecule has 1 aliphatic rings. The minimum atomic E-state index is -0.960. The van der Waals surface area contributed by atoms with Gasteiger partial charge in [0.1, 0.15) is 5.60 Å². The maximum Gasteiger partial charge on any atom is 0.410 e. The molecular weight excluding hydrogens is 224 g/mol. The summed E-state index contributed by atoms with van der Waals surface area (Å²) in [5.74, 6) is 0. The first kappa shape index (κ1) is 13.7. The number of nitrogens with zero attached hydrogens (tertiary/aromatic N) is 2. The Morgan fingerprint density at radius 2 is 2.12 bits per heavy atom. The Kier molecular flexibility index (Phi) is 3.91. The summed E-state index contributed by atoms with van der Waals surface area (Å²) in [5, 5.41) is 0. The molecule has 17 heavy (non-hydrogen) atoms. The van der Waals surface area contributed by atoms with Crippen LogP contribution in [-0.4, -0.2) is 48.6 Å². The Bertz CT molecular complexity index is 344. The molecule has 1 saturated heterocycles. The number of amides is 1. The lowest BCUT2D eigenvalue weighted by molar-refractivity contribution is -0.00378. The molecule has 1 unspecified atom stereocenters. The minimum Gasteiger partial charge on any atom is -0.444 e. The van der Waals surface area contributed by atoms with E-state index in [0.717, 1.165) is 0 Å². The van der Waals surface area contributed by atoms with Crippen LogP contribution in [0.5, 0.6) is 0 Å². The molecule has 0 saturated carbocycles. The number of carbonyl (C=O) groups is 1. The Balaban J connectivity index is 2.67. The SMILES string of the molecule is COC1(N=C=O)CCN(C(=O)OC(C)(C)C)C1. The Morgan fingerprint density at radius 3 is 2.59 bits per heavy atom. The third kappa shape index (κ3) is 3.54. The fourth-order valence-electron chi connectivity index (χ4n) is 1.64. The number of hydrogen-bond donors (Lipinski definition) is 0. The molecule has 0 radical (unpaired) electrons. The fraction of sp³-hybridized carbons (Fsp3) is 0.818. The Morgan fingerprint density at radius 1 is 1.47 bits per heavy atom. The summed E-state index contributed by atoms with van der Waals surface area (Å²) in [4.78, 5) is 27.2. The van der Waals surface area contributed by atoms with Crippen molar-refractivity contribution >= 4 is 12.2 Å². The van der Waals surface area contributed by atoms with E-state index >= 15 is 0 Å². The highest BCUT2D eigenvalue weighted by molar-refractivity contribution is 5.68. The number of aliphatic imine (C=N–C) groups is 1. The molecule has 0 aromatic carbocycles. The van der Waals surface area contributed by atoms with Crippen LogP contribution in [-0.2, 0) is 14.3 Å². The monoisotopic (exact) mass is 242 g/mol. The molecule has 0 spiro atoms. The highest BCUT2D eigenvalue weighted by atomic mass is 16.6. The number of likely N-dealkylation sites (tertiary alicyclic amines) is 1. The van der Waals surface area contributed by atoms with Gasteiger partial charge >= 0.3 is 6.09 Å². The lowest BCUT2D eigenvalue weighted by atomic mass is 10.2. The first-order chi connectivity index (χ1) is 7.82. The van der Waals surface area contributed by atoms with Gasteiger partial charge in [0.15, 0.2) is 5.72 Å². The number of isocyanates is 1. The van der Waals surface area contributed by atoms with Gasteiger partial charge in [0, 0.05) is 20.1 Å². The molecular formula is C11H18N2O4. The molecule has 1 atom stereocenters. The molecule has 1 fully saturated rings. The summed E-state index contributed by atoms with van der Waals surface area (Å²) >= 11 is 0. The van der Waals surface area contributed by atoms with Crippen molar-refractivity contribution in [2.75, 3.05) is 20.2 Å². The van der Waals surface area contributed by atoms with Crippen LogP contribution in [0.15, 0.2) is 4.99 Å². The molecule has 1 amide bonds. The van der Waals surface area contributed by atoms with Gasteiger partial charge < -0.3 is 14.4 Å². The number of methoxy groups -OCH3 is 1. The second kappa shape index (κ2) is 4.85. The van der Waals surface area contributed by atoms with Crippen molar-refractivity contribution in [2.45, 2.75) is 38.5 Å². The van der Waals surface area contributed by atoms with E-state index in [4.69, 9.17) is 9.47 Å². The molecule has 6 heteroatoms. The van der Waals surface area contributed by atoms with E-state index in [0.29, 0.717) is 13.0 Å². The summed E-state index contributed by atoms with van der Waals surface area (Å²) < 4.78 is 10.4. The topological polar surface area (TPSA) is 68.2 Å². The number of hydrogen-bond acceptors (Lipinski definition) is 5. The standard InChI is InChI=1S/C11H18N2O4/c1-10(2,3)17-9(15)13-6-5-11(7-13,16-4)12-8-14/h5-7H2,1-4H3. The summed E-state index contributed by atoms with van der Waals surface area (Å²) in [6.07, 6.45) is 1.53. The largest absolute Gasteiger partial charge is 0.444 e. The molecule has 96 valence electrons. The van der Waals surface area contributed by atoms with Crippen LogP contribution in [0.1, 0.15) is 27.2 Å². The van der Waals surface area contributed by atoms with Gasteiger partial charge in [-0.05, 0) is 20.8 Å². The molecule has 0 aromatic rings. The van der Waals surface area contributed by atoms with E-state index in [1.54, 1.807) is 20.8 Å². The fourth-order valence-corrected chi connectivity index (χ4v) is 1.64. The molecule has 0 bridgehead atoms. The summed E-state index contributed by atoms with van der Waals surface area (Å²) in [5.41, 5.74) is -1.50. The zero-order valence-electron chi connectivity index (χ0n) is 10.6. The second-order valence-corrected chi connectivity index (χ2v) is 5.01. The van der Waals surface area contributed by atoms with Crippen molar-refractivity contribution in [2.24, 2.45) is 4.99 Å². The predicted octanol–water partition coefficient (Wildman–Crippen LogP) is 1.31. The first-order valence-corrected chi connectivity index (χ1v) is 5.44.